The second-order valence-electron chi connectivity index (χ2n) is 9.31. The molecule has 3 aromatic rings. The molecule has 0 saturated heterocycles. The molecule has 0 bridgehead atoms. The van der Waals surface area contributed by atoms with Gasteiger partial charge in [-0.25, -0.2) is 0 Å². The number of aryl methyl sites for hydroxylation is 1. The van der Waals surface area contributed by atoms with Crippen LogP contribution in [0.3, 0.4) is 0 Å². The monoisotopic (exact) mass is 499 g/mol. The quantitative estimate of drug-likeness (QED) is 0.303. The van der Waals surface area contributed by atoms with Gasteiger partial charge in [-0.2, -0.15) is 0 Å². The molecule has 37 heavy (non-hydrogen) atoms. The SMILES string of the molecule is CCOc1ccc([C@@H]2CC(=O)C3=C(C2)Nc2ccccc2N[C@@H]3c2ccc(C)c([N+](=O)[O-])c2)cc1OC. The number of nitro groups is 1. The summed E-state index contributed by atoms with van der Waals surface area (Å²) >= 11 is 0. The van der Waals surface area contributed by atoms with Gasteiger partial charge in [0.2, 0.25) is 0 Å². The van der Waals surface area contributed by atoms with Gasteiger partial charge in [0, 0.05) is 29.3 Å². The average molecular weight is 500 g/mol. The predicted octanol–water partition coefficient (Wildman–Crippen LogP) is 6.29. The summed E-state index contributed by atoms with van der Waals surface area (Å²) in [5, 5.41) is 18.7. The van der Waals surface area contributed by atoms with Gasteiger partial charge in [-0.05, 0) is 61.6 Å². The van der Waals surface area contributed by atoms with E-state index in [0.717, 1.165) is 22.6 Å². The van der Waals surface area contributed by atoms with Crippen molar-refractivity contribution in [2.24, 2.45) is 0 Å². The summed E-state index contributed by atoms with van der Waals surface area (Å²) in [6.07, 6.45) is 0.929. The van der Waals surface area contributed by atoms with E-state index in [9.17, 15) is 14.9 Å². The molecule has 0 amide bonds. The molecule has 0 unspecified atom stereocenters. The van der Waals surface area contributed by atoms with Gasteiger partial charge < -0.3 is 20.1 Å². The zero-order valence-corrected chi connectivity index (χ0v) is 21.0. The van der Waals surface area contributed by atoms with Crippen LogP contribution in [-0.2, 0) is 4.79 Å². The molecule has 1 aliphatic heterocycles. The smallest absolute Gasteiger partial charge is 0.272 e. The number of carbonyl (C=O) groups is 1. The maximum atomic E-state index is 13.8. The lowest BCUT2D eigenvalue weighted by Crippen LogP contribution is -2.27. The van der Waals surface area contributed by atoms with Crippen molar-refractivity contribution in [1.82, 2.24) is 0 Å². The Balaban J connectivity index is 1.58. The summed E-state index contributed by atoms with van der Waals surface area (Å²) in [7, 11) is 1.61. The fourth-order valence-electron chi connectivity index (χ4n) is 5.19. The summed E-state index contributed by atoms with van der Waals surface area (Å²) in [6, 6.07) is 18.2. The summed E-state index contributed by atoms with van der Waals surface area (Å²) < 4.78 is 11.2. The third-order valence-electron chi connectivity index (χ3n) is 7.03. The maximum Gasteiger partial charge on any atom is 0.272 e. The molecule has 3 aromatic carbocycles. The van der Waals surface area contributed by atoms with Crippen LogP contribution >= 0.6 is 0 Å². The molecule has 1 heterocycles. The molecule has 190 valence electrons. The van der Waals surface area contributed by atoms with Gasteiger partial charge in [0.15, 0.2) is 17.3 Å². The highest BCUT2D eigenvalue weighted by atomic mass is 16.6. The van der Waals surface area contributed by atoms with Crippen molar-refractivity contribution in [3.05, 3.63) is 98.7 Å². The Hall–Kier alpha value is -4.33. The molecule has 0 spiro atoms. The Kier molecular flexibility index (Phi) is 6.56. The molecule has 0 fully saturated rings. The number of nitrogens with zero attached hydrogens (tertiary/aromatic N) is 1. The first kappa shape index (κ1) is 24.4. The molecule has 0 saturated carbocycles. The number of ketones is 1. The van der Waals surface area contributed by atoms with E-state index in [4.69, 9.17) is 9.47 Å². The van der Waals surface area contributed by atoms with Crippen molar-refractivity contribution in [2.75, 3.05) is 24.4 Å². The summed E-state index contributed by atoms with van der Waals surface area (Å²) in [5.41, 5.74) is 5.41. The molecular formula is C29H29N3O5. The maximum absolute atomic E-state index is 13.8. The first-order valence-electron chi connectivity index (χ1n) is 12.3. The highest BCUT2D eigenvalue weighted by Gasteiger charge is 2.36. The molecule has 2 aliphatic rings. The number of fused-ring (bicyclic) bond motifs is 1. The van der Waals surface area contributed by atoms with E-state index >= 15 is 0 Å². The molecule has 1 aliphatic carbocycles. The molecule has 8 nitrogen and oxygen atoms in total. The molecule has 2 N–H and O–H groups in total. The van der Waals surface area contributed by atoms with Crippen LogP contribution in [0.2, 0.25) is 0 Å². The second-order valence-corrected chi connectivity index (χ2v) is 9.31. The molecule has 5 rings (SSSR count). The Morgan fingerprint density at radius 2 is 1.76 bits per heavy atom. The lowest BCUT2D eigenvalue weighted by atomic mass is 9.78. The highest BCUT2D eigenvalue weighted by Crippen LogP contribution is 2.45. The van der Waals surface area contributed by atoms with Gasteiger partial charge in [0.25, 0.3) is 5.69 Å². The number of hydrogen-bond donors (Lipinski definition) is 2. The fraction of sp³-hybridized carbons (Fsp3) is 0.276. The predicted molar refractivity (Wildman–Crippen MR) is 142 cm³/mol. The van der Waals surface area contributed by atoms with Crippen molar-refractivity contribution in [2.45, 2.75) is 38.6 Å². The van der Waals surface area contributed by atoms with E-state index in [1.54, 1.807) is 26.2 Å². The van der Waals surface area contributed by atoms with Gasteiger partial charge in [0.05, 0.1) is 36.1 Å². The third kappa shape index (κ3) is 4.62. The van der Waals surface area contributed by atoms with Crippen LogP contribution in [0, 0.1) is 17.0 Å². The van der Waals surface area contributed by atoms with E-state index in [1.165, 1.54) is 0 Å². The minimum absolute atomic E-state index is 0.000126. The van der Waals surface area contributed by atoms with Crippen molar-refractivity contribution in [3.8, 4) is 11.5 Å². The van der Waals surface area contributed by atoms with Crippen molar-refractivity contribution >= 4 is 22.8 Å². The molecule has 8 heteroatoms. The Morgan fingerprint density at radius 1 is 1.00 bits per heavy atom. The van der Waals surface area contributed by atoms with Gasteiger partial charge in [0.1, 0.15) is 0 Å². The average Bonchev–Trinajstić information content (AvgIpc) is 3.06. The first-order valence-corrected chi connectivity index (χ1v) is 12.3. The Labute approximate surface area is 215 Å². The van der Waals surface area contributed by atoms with Crippen LogP contribution in [0.25, 0.3) is 0 Å². The minimum atomic E-state index is -0.520. The van der Waals surface area contributed by atoms with Crippen LogP contribution in [0.1, 0.15) is 48.4 Å². The molecular weight excluding hydrogens is 470 g/mol. The van der Waals surface area contributed by atoms with E-state index in [-0.39, 0.29) is 22.3 Å². The lowest BCUT2D eigenvalue weighted by molar-refractivity contribution is -0.385. The van der Waals surface area contributed by atoms with Crippen LogP contribution < -0.4 is 20.1 Å². The van der Waals surface area contributed by atoms with Crippen LogP contribution in [0.15, 0.2) is 71.9 Å². The number of rotatable bonds is 6. The standard InChI is InChI=1S/C29H29N3O5/c1-4-37-26-12-11-18(16-27(26)36-3)20-13-23-28(25(33)15-20)29(31-22-8-6-5-7-21(22)30-23)19-10-9-17(2)24(14-19)32(34)35/h5-12,14,16,20,29-31H,4,13,15H2,1-3H3/t20-,29+/m0/s1. The van der Waals surface area contributed by atoms with E-state index in [0.29, 0.717) is 47.6 Å². The number of anilines is 2. The number of carbonyl (C=O) groups excluding carboxylic acids is 1. The highest BCUT2D eigenvalue weighted by molar-refractivity contribution is 6.01. The van der Waals surface area contributed by atoms with Crippen LogP contribution in [0.4, 0.5) is 17.1 Å². The number of methoxy groups -OCH3 is 1. The van der Waals surface area contributed by atoms with Crippen LogP contribution in [0.5, 0.6) is 11.5 Å². The number of allylic oxidation sites excluding steroid dienone is 1. The molecule has 2 atom stereocenters. The number of benzene rings is 3. The van der Waals surface area contributed by atoms with Gasteiger partial charge >= 0.3 is 0 Å². The number of Topliss-reactive ketones (excluding diaryl/α,β-unsaturated/α-hetero) is 1. The first-order chi connectivity index (χ1) is 17.9. The second kappa shape index (κ2) is 9.97. The van der Waals surface area contributed by atoms with Gasteiger partial charge in [-0.3, -0.25) is 14.9 Å². The Morgan fingerprint density at radius 3 is 2.49 bits per heavy atom. The molecule has 0 radical (unpaired) electrons. The molecule has 0 aromatic heterocycles. The summed E-state index contributed by atoms with van der Waals surface area (Å²) in [4.78, 5) is 25.1. The fourth-order valence-corrected chi connectivity index (χ4v) is 5.19. The topological polar surface area (TPSA) is 103 Å². The van der Waals surface area contributed by atoms with Crippen molar-refractivity contribution in [1.29, 1.82) is 0 Å². The zero-order valence-electron chi connectivity index (χ0n) is 21.0. The van der Waals surface area contributed by atoms with E-state index in [1.807, 2.05) is 55.5 Å². The van der Waals surface area contributed by atoms with E-state index in [2.05, 4.69) is 10.6 Å². The number of ether oxygens (including phenoxy) is 2. The number of nitro benzene ring substituents is 1. The van der Waals surface area contributed by atoms with Crippen molar-refractivity contribution in [3.63, 3.8) is 0 Å². The number of hydrogen-bond acceptors (Lipinski definition) is 7. The number of para-hydroxylation sites is 2. The van der Waals surface area contributed by atoms with Crippen molar-refractivity contribution < 1.29 is 19.2 Å². The number of nitrogens with one attached hydrogen (secondary N) is 2. The van der Waals surface area contributed by atoms with Gasteiger partial charge in [-0.1, -0.05) is 30.3 Å². The normalized spacial score (nSPS) is 18.6. The summed E-state index contributed by atoms with van der Waals surface area (Å²) in [5.74, 6) is 1.25. The summed E-state index contributed by atoms with van der Waals surface area (Å²) in [6.45, 7) is 4.16. The Bertz CT molecular complexity index is 1410. The minimum Gasteiger partial charge on any atom is -0.493 e. The lowest BCUT2D eigenvalue weighted by Gasteiger charge is -2.30. The zero-order chi connectivity index (χ0) is 26.1. The van der Waals surface area contributed by atoms with E-state index < -0.39 is 6.04 Å². The van der Waals surface area contributed by atoms with Crippen LogP contribution in [-0.4, -0.2) is 24.4 Å². The third-order valence-corrected chi connectivity index (χ3v) is 7.03. The largest absolute Gasteiger partial charge is 0.493 e. The van der Waals surface area contributed by atoms with Gasteiger partial charge in [-0.15, -0.1) is 0 Å².